The number of amides is 2. The van der Waals surface area contributed by atoms with Crippen LogP contribution in [0.25, 0.3) is 0 Å². The van der Waals surface area contributed by atoms with Crippen molar-refractivity contribution in [3.05, 3.63) is 99.3 Å². The number of halogens is 3. The summed E-state index contributed by atoms with van der Waals surface area (Å²) in [4.78, 5) is 24.5. The highest BCUT2D eigenvalue weighted by Gasteiger charge is 2.11. The number of hydrogen-bond donors (Lipinski definition) is 2. The summed E-state index contributed by atoms with van der Waals surface area (Å²) >= 11 is 12.2. The second-order valence-electron chi connectivity index (χ2n) is 6.32. The van der Waals surface area contributed by atoms with Crippen LogP contribution < -0.4 is 10.6 Å². The average Bonchev–Trinajstić information content (AvgIpc) is 2.70. The highest BCUT2D eigenvalue weighted by atomic mass is 35.5. The van der Waals surface area contributed by atoms with Crippen LogP contribution >= 0.6 is 23.2 Å². The Morgan fingerprint density at radius 3 is 2.24 bits per heavy atom. The zero-order valence-electron chi connectivity index (χ0n) is 15.2. The number of benzene rings is 3. The fourth-order valence-corrected chi connectivity index (χ4v) is 3.22. The predicted molar refractivity (Wildman–Crippen MR) is 113 cm³/mol. The largest absolute Gasteiger partial charge is 0.352 e. The van der Waals surface area contributed by atoms with Crippen LogP contribution in [-0.2, 0) is 17.8 Å². The molecule has 0 saturated heterocycles. The molecule has 0 bridgehead atoms. The summed E-state index contributed by atoms with van der Waals surface area (Å²) in [5.74, 6) is -0.974. The van der Waals surface area contributed by atoms with Gasteiger partial charge >= 0.3 is 0 Å². The lowest BCUT2D eigenvalue weighted by Gasteiger charge is -2.10. The number of anilines is 1. The molecule has 0 aliphatic carbocycles. The molecule has 0 unspecified atom stereocenters. The molecule has 2 N–H and O–H groups in total. The zero-order valence-corrected chi connectivity index (χ0v) is 16.7. The highest BCUT2D eigenvalue weighted by molar-refractivity contribution is 6.36. The minimum atomic E-state index is -0.405. The average molecular weight is 431 g/mol. The molecule has 4 nitrogen and oxygen atoms in total. The van der Waals surface area contributed by atoms with Crippen LogP contribution in [0.15, 0.2) is 66.7 Å². The molecular formula is C22H17Cl2FN2O2. The molecule has 0 aromatic heterocycles. The van der Waals surface area contributed by atoms with Gasteiger partial charge in [-0.05, 0) is 59.7 Å². The maximum absolute atomic E-state index is 13.0. The molecule has 0 fully saturated rings. The molecule has 3 aromatic rings. The Labute approximate surface area is 177 Å². The Kier molecular flexibility index (Phi) is 6.86. The van der Waals surface area contributed by atoms with Crippen molar-refractivity contribution >= 4 is 40.7 Å². The monoisotopic (exact) mass is 430 g/mol. The van der Waals surface area contributed by atoms with Crippen molar-refractivity contribution in [1.29, 1.82) is 0 Å². The number of carbonyl (C=O) groups excluding carboxylic acids is 2. The van der Waals surface area contributed by atoms with Gasteiger partial charge < -0.3 is 10.6 Å². The Morgan fingerprint density at radius 1 is 0.897 bits per heavy atom. The first kappa shape index (κ1) is 20.8. The quantitative estimate of drug-likeness (QED) is 0.561. The van der Waals surface area contributed by atoms with Crippen molar-refractivity contribution in [2.75, 3.05) is 5.32 Å². The van der Waals surface area contributed by atoms with Gasteiger partial charge in [-0.15, -0.1) is 0 Å². The maximum atomic E-state index is 13.0. The predicted octanol–water partition coefficient (Wildman–Crippen LogP) is 5.24. The summed E-state index contributed by atoms with van der Waals surface area (Å²) in [5.41, 5.74) is 2.30. The fraction of sp³-hybridized carbons (Fsp3) is 0.0909. The van der Waals surface area contributed by atoms with E-state index in [0.29, 0.717) is 26.9 Å². The van der Waals surface area contributed by atoms with Crippen LogP contribution in [-0.4, -0.2) is 11.8 Å². The highest BCUT2D eigenvalue weighted by Crippen LogP contribution is 2.24. The molecule has 0 atom stereocenters. The van der Waals surface area contributed by atoms with Crippen molar-refractivity contribution in [2.24, 2.45) is 0 Å². The molecule has 3 aromatic carbocycles. The third-order valence-electron chi connectivity index (χ3n) is 4.18. The Morgan fingerprint density at radius 2 is 1.55 bits per heavy atom. The van der Waals surface area contributed by atoms with Crippen LogP contribution in [0.3, 0.4) is 0 Å². The second kappa shape index (κ2) is 9.54. The molecule has 0 aliphatic rings. The van der Waals surface area contributed by atoms with Gasteiger partial charge in [0.2, 0.25) is 5.91 Å². The van der Waals surface area contributed by atoms with E-state index in [1.54, 1.807) is 36.4 Å². The van der Waals surface area contributed by atoms with Gasteiger partial charge in [0.1, 0.15) is 5.82 Å². The van der Waals surface area contributed by atoms with Gasteiger partial charge in [-0.3, -0.25) is 9.59 Å². The van der Waals surface area contributed by atoms with Gasteiger partial charge in [-0.2, -0.15) is 0 Å². The Hall–Kier alpha value is -2.89. The summed E-state index contributed by atoms with van der Waals surface area (Å²) in [5, 5.41) is 6.45. The third-order valence-corrected chi connectivity index (χ3v) is 4.89. The molecule has 0 aliphatic heterocycles. The molecule has 29 heavy (non-hydrogen) atoms. The van der Waals surface area contributed by atoms with Gasteiger partial charge in [0.25, 0.3) is 5.91 Å². The number of carbonyl (C=O) groups is 2. The molecule has 3 rings (SSSR count). The van der Waals surface area contributed by atoms with Crippen molar-refractivity contribution in [1.82, 2.24) is 5.32 Å². The van der Waals surface area contributed by atoms with Gasteiger partial charge in [-0.25, -0.2) is 4.39 Å². The Balaban J connectivity index is 1.59. The fourth-order valence-electron chi connectivity index (χ4n) is 2.69. The van der Waals surface area contributed by atoms with Crippen LogP contribution in [0.2, 0.25) is 10.0 Å². The van der Waals surface area contributed by atoms with E-state index >= 15 is 0 Å². The normalized spacial score (nSPS) is 10.4. The van der Waals surface area contributed by atoms with E-state index in [1.807, 2.05) is 6.07 Å². The molecule has 0 saturated carbocycles. The number of rotatable bonds is 6. The second-order valence-corrected chi connectivity index (χ2v) is 7.13. The van der Waals surface area contributed by atoms with Crippen LogP contribution in [0, 0.1) is 5.82 Å². The van der Waals surface area contributed by atoms with Gasteiger partial charge in [0.05, 0.1) is 6.42 Å². The lowest BCUT2D eigenvalue weighted by molar-refractivity contribution is -0.120. The minimum Gasteiger partial charge on any atom is -0.352 e. The zero-order chi connectivity index (χ0) is 20.8. The first-order valence-electron chi connectivity index (χ1n) is 8.78. The van der Waals surface area contributed by atoms with E-state index in [4.69, 9.17) is 23.2 Å². The number of hydrogen-bond acceptors (Lipinski definition) is 2. The maximum Gasteiger partial charge on any atom is 0.255 e. The van der Waals surface area contributed by atoms with E-state index in [1.165, 1.54) is 24.3 Å². The molecule has 7 heteroatoms. The molecular weight excluding hydrogens is 414 g/mol. The van der Waals surface area contributed by atoms with E-state index in [9.17, 15) is 14.0 Å². The van der Waals surface area contributed by atoms with Gasteiger partial charge in [-0.1, -0.05) is 41.4 Å². The summed E-state index contributed by atoms with van der Waals surface area (Å²) < 4.78 is 13.0. The number of nitrogens with one attached hydrogen (secondary N) is 2. The van der Waals surface area contributed by atoms with E-state index in [2.05, 4.69) is 10.6 Å². The molecule has 0 spiro atoms. The first-order valence-corrected chi connectivity index (χ1v) is 9.53. The standard InChI is InChI=1S/C22H17Cl2FN2O2/c23-19-5-2-6-20(24)18(19)12-21(28)26-13-14-3-1-4-17(11-14)27-22(29)15-7-9-16(25)10-8-15/h1-11H,12-13H2,(H,26,28)(H,27,29). The van der Waals surface area contributed by atoms with Crippen molar-refractivity contribution < 1.29 is 14.0 Å². The topological polar surface area (TPSA) is 58.2 Å². The summed E-state index contributed by atoms with van der Waals surface area (Å²) in [6, 6.07) is 17.5. The molecule has 148 valence electrons. The van der Waals surface area contributed by atoms with E-state index < -0.39 is 5.82 Å². The van der Waals surface area contributed by atoms with Crippen LogP contribution in [0.4, 0.5) is 10.1 Å². The molecule has 0 radical (unpaired) electrons. The van der Waals surface area contributed by atoms with Crippen molar-refractivity contribution in [3.8, 4) is 0 Å². The van der Waals surface area contributed by atoms with Crippen molar-refractivity contribution in [2.45, 2.75) is 13.0 Å². The lowest BCUT2D eigenvalue weighted by atomic mass is 10.1. The SMILES string of the molecule is O=C(Cc1c(Cl)cccc1Cl)NCc1cccc(NC(=O)c2ccc(F)cc2)c1. The van der Waals surface area contributed by atoms with Gasteiger partial charge in [0.15, 0.2) is 0 Å². The van der Waals surface area contributed by atoms with Crippen molar-refractivity contribution in [3.63, 3.8) is 0 Å². The Bertz CT molecular complexity index is 1020. The van der Waals surface area contributed by atoms with E-state index in [-0.39, 0.29) is 24.8 Å². The minimum absolute atomic E-state index is 0.0689. The smallest absolute Gasteiger partial charge is 0.255 e. The third kappa shape index (κ3) is 5.79. The molecule has 2 amide bonds. The summed E-state index contributed by atoms with van der Waals surface area (Å²) in [7, 11) is 0. The summed E-state index contributed by atoms with van der Waals surface area (Å²) in [6.45, 7) is 0.279. The van der Waals surface area contributed by atoms with Gasteiger partial charge in [0, 0.05) is 27.8 Å². The van der Waals surface area contributed by atoms with Crippen LogP contribution in [0.5, 0.6) is 0 Å². The summed E-state index contributed by atoms with van der Waals surface area (Å²) in [6.07, 6.45) is 0.0689. The lowest BCUT2D eigenvalue weighted by Crippen LogP contribution is -2.24. The molecule has 0 heterocycles. The van der Waals surface area contributed by atoms with Crippen LogP contribution in [0.1, 0.15) is 21.5 Å². The first-order chi connectivity index (χ1) is 13.9. The van der Waals surface area contributed by atoms with E-state index in [0.717, 1.165) is 5.56 Å².